The lowest BCUT2D eigenvalue weighted by atomic mass is 9.97. The van der Waals surface area contributed by atoms with Crippen LogP contribution in [0.25, 0.3) is 0 Å². The molecule has 104 valence electrons. The Morgan fingerprint density at radius 2 is 2.16 bits per heavy atom. The van der Waals surface area contributed by atoms with Crippen LogP contribution in [0, 0.1) is 5.82 Å². The van der Waals surface area contributed by atoms with E-state index in [0.29, 0.717) is 0 Å². The Kier molecular flexibility index (Phi) is 5.13. The first-order chi connectivity index (χ1) is 9.09. The molecular weight excluding hydrogens is 307 g/mol. The monoisotopic (exact) mass is 326 g/mol. The molecule has 0 spiro atoms. The lowest BCUT2D eigenvalue weighted by molar-refractivity contribution is 0.169. The summed E-state index contributed by atoms with van der Waals surface area (Å²) in [6, 6.07) is 5.24. The third kappa shape index (κ3) is 3.65. The molecule has 1 N–H and O–H groups in total. The van der Waals surface area contributed by atoms with Crippen molar-refractivity contribution in [2.45, 2.75) is 19.4 Å². The molecule has 4 heteroatoms. The molecule has 1 heterocycles. The van der Waals surface area contributed by atoms with Gasteiger partial charge in [-0.2, -0.15) is 0 Å². The lowest BCUT2D eigenvalue weighted by Crippen LogP contribution is -2.45. The van der Waals surface area contributed by atoms with E-state index < -0.39 is 0 Å². The Bertz CT molecular complexity index is 435. The van der Waals surface area contributed by atoms with Gasteiger partial charge in [0.25, 0.3) is 0 Å². The molecule has 1 fully saturated rings. The molecule has 1 aliphatic rings. The average molecular weight is 327 g/mol. The van der Waals surface area contributed by atoms with E-state index in [2.05, 4.69) is 32.7 Å². The molecule has 19 heavy (non-hydrogen) atoms. The predicted octanol–water partition coefficient (Wildman–Crippen LogP) is 3.50. The maximum Gasteiger partial charge on any atom is 0.129 e. The number of hydrogen-bond donors (Lipinski definition) is 1. The molecule has 0 radical (unpaired) electrons. The Labute approximate surface area is 122 Å². The summed E-state index contributed by atoms with van der Waals surface area (Å²) in [5, 5.41) is 3.33. The molecule has 1 atom stereocenters. The van der Waals surface area contributed by atoms with Crippen LogP contribution < -0.4 is 5.32 Å². The van der Waals surface area contributed by atoms with E-state index >= 15 is 0 Å². The van der Waals surface area contributed by atoms with Gasteiger partial charge in [-0.15, -0.1) is 6.58 Å². The van der Waals surface area contributed by atoms with Crippen LogP contribution in [0.1, 0.15) is 24.9 Å². The maximum atomic E-state index is 14.2. The summed E-state index contributed by atoms with van der Waals surface area (Å²) in [6.45, 7) is 9.80. The smallest absolute Gasteiger partial charge is 0.129 e. The molecule has 1 saturated heterocycles. The van der Waals surface area contributed by atoms with E-state index in [9.17, 15) is 4.39 Å². The molecule has 0 aromatic heterocycles. The van der Waals surface area contributed by atoms with Crippen molar-refractivity contribution in [3.8, 4) is 0 Å². The number of nitrogens with one attached hydrogen (secondary N) is 1. The van der Waals surface area contributed by atoms with Crippen LogP contribution in [0.3, 0.4) is 0 Å². The third-order valence-corrected chi connectivity index (χ3v) is 4.16. The van der Waals surface area contributed by atoms with Gasteiger partial charge in [0, 0.05) is 42.3 Å². The Morgan fingerprint density at radius 3 is 2.74 bits per heavy atom. The highest BCUT2D eigenvalue weighted by Crippen LogP contribution is 2.34. The van der Waals surface area contributed by atoms with E-state index in [1.807, 2.05) is 13.0 Å². The topological polar surface area (TPSA) is 15.3 Å². The van der Waals surface area contributed by atoms with Gasteiger partial charge < -0.3 is 5.32 Å². The maximum absolute atomic E-state index is 14.2. The minimum atomic E-state index is -0.140. The molecule has 0 amide bonds. The molecule has 1 aromatic carbocycles. The third-order valence-electron chi connectivity index (χ3n) is 3.47. The first-order valence-corrected chi connectivity index (χ1v) is 7.42. The normalized spacial score (nSPS) is 18.3. The summed E-state index contributed by atoms with van der Waals surface area (Å²) in [6.07, 6.45) is 0.791. The summed E-state index contributed by atoms with van der Waals surface area (Å²) >= 11 is 3.49. The molecule has 0 saturated carbocycles. The fourth-order valence-electron chi connectivity index (χ4n) is 2.57. The summed E-state index contributed by atoms with van der Waals surface area (Å²) in [5.41, 5.74) is 1.84. The second kappa shape index (κ2) is 6.64. The van der Waals surface area contributed by atoms with Gasteiger partial charge in [0.15, 0.2) is 0 Å². The van der Waals surface area contributed by atoms with Gasteiger partial charge in [0.2, 0.25) is 0 Å². The molecule has 0 unspecified atom stereocenters. The number of hydrogen-bond acceptors (Lipinski definition) is 2. The van der Waals surface area contributed by atoms with Crippen LogP contribution in [0.5, 0.6) is 0 Å². The average Bonchev–Trinajstić information content (AvgIpc) is 2.38. The van der Waals surface area contributed by atoms with Crippen LogP contribution in [0.4, 0.5) is 4.39 Å². The molecule has 0 aliphatic carbocycles. The van der Waals surface area contributed by atoms with Gasteiger partial charge in [-0.3, -0.25) is 4.90 Å². The van der Waals surface area contributed by atoms with Crippen molar-refractivity contribution in [3.63, 3.8) is 0 Å². The van der Waals surface area contributed by atoms with Crippen molar-refractivity contribution in [1.29, 1.82) is 0 Å². The predicted molar refractivity (Wildman–Crippen MR) is 80.7 cm³/mol. The van der Waals surface area contributed by atoms with Crippen LogP contribution in [-0.2, 0) is 0 Å². The SMILES string of the molecule is C=C(C)C[C@@H](c1c(F)cccc1Br)N1CCNCC1. The number of halogens is 2. The zero-order valence-corrected chi connectivity index (χ0v) is 12.8. The van der Waals surface area contributed by atoms with Crippen LogP contribution >= 0.6 is 15.9 Å². The van der Waals surface area contributed by atoms with E-state index in [4.69, 9.17) is 0 Å². The second-order valence-corrected chi connectivity index (χ2v) is 5.95. The first kappa shape index (κ1) is 14.7. The van der Waals surface area contributed by atoms with Crippen molar-refractivity contribution in [1.82, 2.24) is 10.2 Å². The first-order valence-electron chi connectivity index (χ1n) is 6.62. The molecule has 2 nitrogen and oxygen atoms in total. The van der Waals surface area contributed by atoms with E-state index in [0.717, 1.165) is 48.2 Å². The second-order valence-electron chi connectivity index (χ2n) is 5.10. The van der Waals surface area contributed by atoms with E-state index in [1.54, 1.807) is 6.07 Å². The minimum Gasteiger partial charge on any atom is -0.314 e. The minimum absolute atomic E-state index is 0.0650. The largest absolute Gasteiger partial charge is 0.314 e. The zero-order chi connectivity index (χ0) is 13.8. The summed E-state index contributed by atoms with van der Waals surface area (Å²) in [5.74, 6) is -0.140. The Balaban J connectivity index is 2.33. The highest BCUT2D eigenvalue weighted by molar-refractivity contribution is 9.10. The molecule has 2 rings (SSSR count). The number of rotatable bonds is 4. The van der Waals surface area contributed by atoms with Crippen LogP contribution in [0.2, 0.25) is 0 Å². The Hall–Kier alpha value is -0.710. The molecule has 0 bridgehead atoms. The quantitative estimate of drug-likeness (QED) is 0.852. The summed E-state index contributed by atoms with van der Waals surface area (Å²) in [4.78, 5) is 2.34. The fourth-order valence-corrected chi connectivity index (χ4v) is 3.17. The van der Waals surface area contributed by atoms with Gasteiger partial charge >= 0.3 is 0 Å². The van der Waals surface area contributed by atoms with Crippen molar-refractivity contribution in [2.75, 3.05) is 26.2 Å². The highest BCUT2D eigenvalue weighted by Gasteiger charge is 2.26. The summed E-state index contributed by atoms with van der Waals surface area (Å²) < 4.78 is 15.0. The van der Waals surface area contributed by atoms with Gasteiger partial charge in [0.1, 0.15) is 5.82 Å². The molecule has 1 aromatic rings. The van der Waals surface area contributed by atoms with Gasteiger partial charge in [0.05, 0.1) is 0 Å². The highest BCUT2D eigenvalue weighted by atomic mass is 79.9. The van der Waals surface area contributed by atoms with Crippen LogP contribution in [0.15, 0.2) is 34.8 Å². The van der Waals surface area contributed by atoms with E-state index in [1.165, 1.54) is 6.07 Å². The zero-order valence-electron chi connectivity index (χ0n) is 11.3. The van der Waals surface area contributed by atoms with Crippen LogP contribution in [-0.4, -0.2) is 31.1 Å². The van der Waals surface area contributed by atoms with E-state index in [-0.39, 0.29) is 11.9 Å². The van der Waals surface area contributed by atoms with Crippen molar-refractivity contribution in [3.05, 3.63) is 46.2 Å². The number of benzene rings is 1. The van der Waals surface area contributed by atoms with Gasteiger partial charge in [-0.25, -0.2) is 4.39 Å². The molecular formula is C15H20BrFN2. The lowest BCUT2D eigenvalue weighted by Gasteiger charge is -2.36. The summed E-state index contributed by atoms with van der Waals surface area (Å²) in [7, 11) is 0. The van der Waals surface area contributed by atoms with Crippen molar-refractivity contribution < 1.29 is 4.39 Å². The number of nitrogens with zero attached hydrogens (tertiary/aromatic N) is 1. The fraction of sp³-hybridized carbons (Fsp3) is 0.467. The Morgan fingerprint density at radius 1 is 1.47 bits per heavy atom. The van der Waals surface area contributed by atoms with Gasteiger partial charge in [-0.05, 0) is 25.5 Å². The van der Waals surface area contributed by atoms with Gasteiger partial charge in [-0.1, -0.05) is 27.6 Å². The molecule has 1 aliphatic heterocycles. The number of piperazine rings is 1. The van der Waals surface area contributed by atoms with Crippen molar-refractivity contribution >= 4 is 15.9 Å². The standard InChI is InChI=1S/C15H20BrFN2/c1-11(2)10-14(19-8-6-18-7-9-19)15-12(16)4-3-5-13(15)17/h3-5,14,18H,1,6-10H2,2H3/t14-/m0/s1. The van der Waals surface area contributed by atoms with Crippen molar-refractivity contribution in [2.24, 2.45) is 0 Å².